The molecule has 1 aliphatic heterocycles. The molecular formula is C23H30N2O6. The quantitative estimate of drug-likeness (QED) is 0.654. The van der Waals surface area contributed by atoms with E-state index >= 15 is 0 Å². The molecular weight excluding hydrogens is 400 g/mol. The number of ether oxygens (including phenoxy) is 5. The molecule has 8 nitrogen and oxygen atoms in total. The zero-order valence-corrected chi connectivity index (χ0v) is 18.5. The minimum atomic E-state index is -0.180. The van der Waals surface area contributed by atoms with E-state index in [0.29, 0.717) is 53.9 Å². The molecule has 168 valence electrons. The standard InChI is InChI=1S/C23H30N2O6/c1-27-17-10-12-25(14-17)23(26)18-13-19(21(29-3)22(30-4)20(18)28-2)31-16-7-5-15(6-8-16)9-11-24/h5-8,13,17H,9-12,14,24H2,1-4H3. The van der Waals surface area contributed by atoms with Gasteiger partial charge < -0.3 is 34.3 Å². The molecule has 2 aromatic carbocycles. The van der Waals surface area contributed by atoms with Crippen molar-refractivity contribution in [1.82, 2.24) is 4.90 Å². The number of likely N-dealkylation sites (tertiary alicyclic amines) is 1. The molecule has 3 rings (SSSR count). The zero-order valence-electron chi connectivity index (χ0n) is 18.5. The Bertz CT molecular complexity index is 900. The van der Waals surface area contributed by atoms with Crippen LogP contribution in [0.1, 0.15) is 22.3 Å². The maximum Gasteiger partial charge on any atom is 0.258 e. The highest BCUT2D eigenvalue weighted by molar-refractivity contribution is 5.99. The summed E-state index contributed by atoms with van der Waals surface area (Å²) in [6, 6.07) is 9.25. The van der Waals surface area contributed by atoms with E-state index in [1.54, 1.807) is 18.1 Å². The first kappa shape index (κ1) is 22.7. The van der Waals surface area contributed by atoms with E-state index in [9.17, 15) is 4.79 Å². The SMILES string of the molecule is COc1c(Oc2ccc(CCN)cc2)cc(C(=O)N2CCC(OC)C2)c(OC)c1OC. The van der Waals surface area contributed by atoms with Gasteiger partial charge in [-0.3, -0.25) is 4.79 Å². The van der Waals surface area contributed by atoms with E-state index in [-0.39, 0.29) is 12.0 Å². The number of amides is 1. The van der Waals surface area contributed by atoms with Crippen LogP contribution in [0.25, 0.3) is 0 Å². The van der Waals surface area contributed by atoms with Gasteiger partial charge in [0.25, 0.3) is 5.91 Å². The lowest BCUT2D eigenvalue weighted by molar-refractivity contribution is 0.0720. The molecule has 1 fully saturated rings. The molecule has 0 bridgehead atoms. The largest absolute Gasteiger partial charge is 0.492 e. The number of carbonyl (C=O) groups excluding carboxylic acids is 1. The van der Waals surface area contributed by atoms with Crippen molar-refractivity contribution in [1.29, 1.82) is 0 Å². The second kappa shape index (κ2) is 10.4. The van der Waals surface area contributed by atoms with Crippen molar-refractivity contribution in [3.8, 4) is 28.7 Å². The maximum atomic E-state index is 13.3. The van der Waals surface area contributed by atoms with E-state index in [1.807, 2.05) is 24.3 Å². The number of rotatable bonds is 9. The molecule has 31 heavy (non-hydrogen) atoms. The van der Waals surface area contributed by atoms with Gasteiger partial charge in [-0.15, -0.1) is 0 Å². The molecule has 1 amide bonds. The molecule has 1 aliphatic rings. The lowest BCUT2D eigenvalue weighted by Gasteiger charge is -2.22. The van der Waals surface area contributed by atoms with Gasteiger partial charge in [0.15, 0.2) is 11.5 Å². The number of hydrogen-bond donors (Lipinski definition) is 1. The number of nitrogens with zero attached hydrogens (tertiary/aromatic N) is 1. The number of methoxy groups -OCH3 is 4. The third-order valence-electron chi connectivity index (χ3n) is 5.35. The maximum absolute atomic E-state index is 13.3. The van der Waals surface area contributed by atoms with Crippen LogP contribution in [0.2, 0.25) is 0 Å². The summed E-state index contributed by atoms with van der Waals surface area (Å²) < 4.78 is 28.1. The van der Waals surface area contributed by atoms with Crippen LogP contribution in [0.4, 0.5) is 0 Å². The van der Waals surface area contributed by atoms with Gasteiger partial charge in [-0.25, -0.2) is 0 Å². The molecule has 0 aromatic heterocycles. The molecule has 0 radical (unpaired) electrons. The Morgan fingerprint density at radius 3 is 2.26 bits per heavy atom. The normalized spacial score (nSPS) is 15.6. The first-order valence-electron chi connectivity index (χ1n) is 10.2. The Morgan fingerprint density at radius 2 is 1.71 bits per heavy atom. The van der Waals surface area contributed by atoms with Gasteiger partial charge in [0, 0.05) is 26.3 Å². The van der Waals surface area contributed by atoms with E-state index < -0.39 is 0 Å². The topological polar surface area (TPSA) is 92.5 Å². The Morgan fingerprint density at radius 1 is 1.03 bits per heavy atom. The molecule has 1 unspecified atom stereocenters. The van der Waals surface area contributed by atoms with Crippen LogP contribution in [-0.2, 0) is 11.2 Å². The fourth-order valence-electron chi connectivity index (χ4n) is 3.71. The summed E-state index contributed by atoms with van der Waals surface area (Å²) >= 11 is 0. The summed E-state index contributed by atoms with van der Waals surface area (Å²) in [5.41, 5.74) is 7.07. The highest BCUT2D eigenvalue weighted by Gasteiger charge is 2.32. The average Bonchev–Trinajstić information content (AvgIpc) is 3.28. The van der Waals surface area contributed by atoms with E-state index in [1.165, 1.54) is 21.3 Å². The third kappa shape index (κ3) is 4.86. The molecule has 0 spiro atoms. The molecule has 2 aromatic rings. The fraction of sp³-hybridized carbons (Fsp3) is 0.435. The first-order valence-corrected chi connectivity index (χ1v) is 10.2. The molecule has 1 saturated heterocycles. The van der Waals surface area contributed by atoms with Crippen LogP contribution in [0.15, 0.2) is 30.3 Å². The second-order valence-corrected chi connectivity index (χ2v) is 7.20. The van der Waals surface area contributed by atoms with Gasteiger partial charge in [-0.05, 0) is 37.1 Å². The van der Waals surface area contributed by atoms with Crippen LogP contribution in [0.5, 0.6) is 28.7 Å². The minimum absolute atomic E-state index is 0.0258. The summed E-state index contributed by atoms with van der Waals surface area (Å²) in [5.74, 6) is 1.73. The molecule has 1 atom stereocenters. The Labute approximate surface area is 182 Å². The van der Waals surface area contributed by atoms with Crippen molar-refractivity contribution in [3.05, 3.63) is 41.5 Å². The predicted molar refractivity (Wildman–Crippen MR) is 117 cm³/mol. The van der Waals surface area contributed by atoms with Crippen molar-refractivity contribution in [2.45, 2.75) is 18.9 Å². The van der Waals surface area contributed by atoms with Crippen LogP contribution in [0.3, 0.4) is 0 Å². The third-order valence-corrected chi connectivity index (χ3v) is 5.35. The van der Waals surface area contributed by atoms with Crippen molar-refractivity contribution in [2.75, 3.05) is 48.1 Å². The predicted octanol–water partition coefficient (Wildman–Crippen LogP) is 2.87. The van der Waals surface area contributed by atoms with Crippen LogP contribution in [-0.4, -0.2) is 65.0 Å². The van der Waals surface area contributed by atoms with Crippen molar-refractivity contribution >= 4 is 5.91 Å². The van der Waals surface area contributed by atoms with Gasteiger partial charge in [0.1, 0.15) is 5.75 Å². The van der Waals surface area contributed by atoms with Crippen molar-refractivity contribution in [3.63, 3.8) is 0 Å². The summed E-state index contributed by atoms with van der Waals surface area (Å²) in [4.78, 5) is 15.0. The van der Waals surface area contributed by atoms with Gasteiger partial charge >= 0.3 is 0 Å². The highest BCUT2D eigenvalue weighted by atomic mass is 16.5. The summed E-state index contributed by atoms with van der Waals surface area (Å²) in [7, 11) is 6.16. The monoisotopic (exact) mass is 430 g/mol. The van der Waals surface area contributed by atoms with E-state index in [4.69, 9.17) is 29.4 Å². The van der Waals surface area contributed by atoms with Gasteiger partial charge in [-0.1, -0.05) is 12.1 Å². The van der Waals surface area contributed by atoms with Gasteiger partial charge in [-0.2, -0.15) is 0 Å². The zero-order chi connectivity index (χ0) is 22.4. The number of nitrogens with two attached hydrogens (primary N) is 1. The van der Waals surface area contributed by atoms with Crippen LogP contribution >= 0.6 is 0 Å². The first-order chi connectivity index (χ1) is 15.1. The Hall–Kier alpha value is -2.97. The fourth-order valence-corrected chi connectivity index (χ4v) is 3.71. The summed E-state index contributed by atoms with van der Waals surface area (Å²) in [6.07, 6.45) is 1.60. The van der Waals surface area contributed by atoms with E-state index in [2.05, 4.69) is 0 Å². The van der Waals surface area contributed by atoms with E-state index in [0.717, 1.165) is 18.4 Å². The van der Waals surface area contributed by atoms with Crippen LogP contribution < -0.4 is 24.7 Å². The summed E-state index contributed by atoms with van der Waals surface area (Å²) in [6.45, 7) is 1.70. The summed E-state index contributed by atoms with van der Waals surface area (Å²) in [5, 5.41) is 0. The van der Waals surface area contributed by atoms with Gasteiger partial charge in [0.2, 0.25) is 11.5 Å². The van der Waals surface area contributed by atoms with Crippen LogP contribution in [0, 0.1) is 0 Å². The lowest BCUT2D eigenvalue weighted by Crippen LogP contribution is -2.30. The smallest absolute Gasteiger partial charge is 0.258 e. The highest BCUT2D eigenvalue weighted by Crippen LogP contribution is 2.48. The number of hydrogen-bond acceptors (Lipinski definition) is 7. The minimum Gasteiger partial charge on any atom is -0.492 e. The lowest BCUT2D eigenvalue weighted by atomic mass is 10.1. The Kier molecular flexibility index (Phi) is 7.59. The second-order valence-electron chi connectivity index (χ2n) is 7.20. The molecule has 2 N–H and O–H groups in total. The Balaban J connectivity index is 2.00. The number of carbonyl (C=O) groups is 1. The van der Waals surface area contributed by atoms with Gasteiger partial charge in [0.05, 0.1) is 33.0 Å². The molecule has 0 saturated carbocycles. The molecule has 0 aliphatic carbocycles. The molecule has 1 heterocycles. The average molecular weight is 431 g/mol. The van der Waals surface area contributed by atoms with Crippen molar-refractivity contribution < 1.29 is 28.5 Å². The molecule has 8 heteroatoms. The van der Waals surface area contributed by atoms with Crippen molar-refractivity contribution in [2.24, 2.45) is 5.73 Å². The number of benzene rings is 2.